The quantitative estimate of drug-likeness (QED) is 0.923. The standard InChI is InChI=1S/C18H22N6O/c25-17(13-4-1-2-5-13)24-11-3-6-15(24)14-7-8-21-18(22-14)23-16-12-19-9-10-20-16/h7-10,12-13,15H,1-6,11H2,(H,20,21,22,23)/t15-/m1/s1. The van der Waals surface area contributed by atoms with Gasteiger partial charge in [0.1, 0.15) is 0 Å². The predicted molar refractivity (Wildman–Crippen MR) is 93.0 cm³/mol. The second kappa shape index (κ2) is 7.13. The molecule has 2 aliphatic rings. The van der Waals surface area contributed by atoms with Crippen LogP contribution in [0, 0.1) is 5.92 Å². The highest BCUT2D eigenvalue weighted by molar-refractivity contribution is 5.79. The summed E-state index contributed by atoms with van der Waals surface area (Å²) in [6.07, 6.45) is 13.0. The van der Waals surface area contributed by atoms with Crippen LogP contribution in [0.5, 0.6) is 0 Å². The predicted octanol–water partition coefficient (Wildman–Crippen LogP) is 2.86. The van der Waals surface area contributed by atoms with Crippen LogP contribution >= 0.6 is 0 Å². The first-order valence-electron chi connectivity index (χ1n) is 8.98. The van der Waals surface area contributed by atoms with Crippen molar-refractivity contribution in [3.05, 3.63) is 36.5 Å². The van der Waals surface area contributed by atoms with Crippen LogP contribution in [-0.4, -0.2) is 37.3 Å². The molecule has 1 saturated heterocycles. The third-order valence-electron chi connectivity index (χ3n) is 5.06. The molecule has 2 aromatic heterocycles. The average molecular weight is 338 g/mol. The minimum Gasteiger partial charge on any atom is -0.334 e. The molecule has 2 fully saturated rings. The van der Waals surface area contributed by atoms with Gasteiger partial charge >= 0.3 is 0 Å². The van der Waals surface area contributed by atoms with Gasteiger partial charge in [-0.05, 0) is 31.7 Å². The van der Waals surface area contributed by atoms with Gasteiger partial charge in [0.25, 0.3) is 0 Å². The summed E-state index contributed by atoms with van der Waals surface area (Å²) in [6, 6.07) is 1.96. The van der Waals surface area contributed by atoms with Gasteiger partial charge in [-0.1, -0.05) is 12.8 Å². The maximum atomic E-state index is 12.9. The molecule has 2 aromatic rings. The Morgan fingerprint density at radius 3 is 2.76 bits per heavy atom. The maximum Gasteiger partial charge on any atom is 0.228 e. The number of hydrogen-bond acceptors (Lipinski definition) is 6. The molecule has 7 nitrogen and oxygen atoms in total. The van der Waals surface area contributed by atoms with E-state index in [2.05, 4.69) is 25.3 Å². The lowest BCUT2D eigenvalue weighted by Crippen LogP contribution is -2.35. The number of carbonyl (C=O) groups excluding carboxylic acids is 1. The average Bonchev–Trinajstić information content (AvgIpc) is 3.34. The summed E-state index contributed by atoms with van der Waals surface area (Å²) in [4.78, 5) is 32.0. The van der Waals surface area contributed by atoms with Crippen molar-refractivity contribution in [1.82, 2.24) is 24.8 Å². The number of anilines is 2. The molecule has 130 valence electrons. The summed E-state index contributed by atoms with van der Waals surface area (Å²) in [5.41, 5.74) is 0.894. The SMILES string of the molecule is O=C(C1CCCC1)N1CCC[C@@H]1c1ccnc(Nc2cnccn2)n1. The van der Waals surface area contributed by atoms with Crippen LogP contribution < -0.4 is 5.32 Å². The molecule has 0 unspecified atom stereocenters. The second-order valence-electron chi connectivity index (χ2n) is 6.69. The third kappa shape index (κ3) is 3.45. The Kier molecular flexibility index (Phi) is 4.54. The van der Waals surface area contributed by atoms with E-state index in [1.54, 1.807) is 24.8 Å². The van der Waals surface area contributed by atoms with Crippen molar-refractivity contribution in [3.8, 4) is 0 Å². The summed E-state index contributed by atoms with van der Waals surface area (Å²) in [6.45, 7) is 0.830. The Morgan fingerprint density at radius 1 is 1.08 bits per heavy atom. The van der Waals surface area contributed by atoms with E-state index in [0.29, 0.717) is 17.7 Å². The fourth-order valence-electron chi connectivity index (χ4n) is 3.84. The minimum atomic E-state index is 0.0542. The van der Waals surface area contributed by atoms with E-state index in [-0.39, 0.29) is 12.0 Å². The van der Waals surface area contributed by atoms with Crippen molar-refractivity contribution in [2.24, 2.45) is 5.92 Å². The molecule has 0 bridgehead atoms. The van der Waals surface area contributed by atoms with Gasteiger partial charge in [-0.25, -0.2) is 15.0 Å². The maximum absolute atomic E-state index is 12.9. The van der Waals surface area contributed by atoms with Crippen molar-refractivity contribution in [2.45, 2.75) is 44.6 Å². The largest absolute Gasteiger partial charge is 0.334 e. The van der Waals surface area contributed by atoms with Crippen LogP contribution in [0.4, 0.5) is 11.8 Å². The highest BCUT2D eigenvalue weighted by atomic mass is 16.2. The first-order chi connectivity index (χ1) is 12.3. The Balaban J connectivity index is 1.52. The monoisotopic (exact) mass is 338 g/mol. The van der Waals surface area contributed by atoms with Crippen molar-refractivity contribution >= 4 is 17.7 Å². The third-order valence-corrected chi connectivity index (χ3v) is 5.06. The second-order valence-corrected chi connectivity index (χ2v) is 6.69. The fourth-order valence-corrected chi connectivity index (χ4v) is 3.84. The van der Waals surface area contributed by atoms with Crippen LogP contribution in [-0.2, 0) is 4.79 Å². The van der Waals surface area contributed by atoms with Crippen molar-refractivity contribution in [2.75, 3.05) is 11.9 Å². The van der Waals surface area contributed by atoms with E-state index >= 15 is 0 Å². The molecule has 0 aromatic carbocycles. The number of carbonyl (C=O) groups is 1. The summed E-state index contributed by atoms with van der Waals surface area (Å²) in [5.74, 6) is 1.60. The molecular weight excluding hydrogens is 316 g/mol. The number of amides is 1. The molecule has 4 rings (SSSR count). The highest BCUT2D eigenvalue weighted by Crippen LogP contribution is 2.35. The van der Waals surface area contributed by atoms with E-state index < -0.39 is 0 Å². The molecule has 1 saturated carbocycles. The van der Waals surface area contributed by atoms with E-state index in [1.807, 2.05) is 11.0 Å². The van der Waals surface area contributed by atoms with Crippen LogP contribution in [0.15, 0.2) is 30.9 Å². The molecule has 3 heterocycles. The van der Waals surface area contributed by atoms with Crippen LogP contribution in [0.3, 0.4) is 0 Å². The topological polar surface area (TPSA) is 83.9 Å². The zero-order valence-corrected chi connectivity index (χ0v) is 14.1. The first kappa shape index (κ1) is 15.9. The number of nitrogens with one attached hydrogen (secondary N) is 1. The zero-order chi connectivity index (χ0) is 17.1. The fraction of sp³-hybridized carbons (Fsp3) is 0.500. The molecule has 0 spiro atoms. The Hall–Kier alpha value is -2.57. The van der Waals surface area contributed by atoms with Gasteiger partial charge in [0.2, 0.25) is 11.9 Å². The summed E-state index contributed by atoms with van der Waals surface area (Å²) in [7, 11) is 0. The molecule has 7 heteroatoms. The minimum absolute atomic E-state index is 0.0542. The van der Waals surface area contributed by atoms with Gasteiger partial charge in [-0.2, -0.15) is 0 Å². The smallest absolute Gasteiger partial charge is 0.228 e. The van der Waals surface area contributed by atoms with Gasteiger partial charge in [-0.3, -0.25) is 9.78 Å². The molecular formula is C18H22N6O. The van der Waals surface area contributed by atoms with Gasteiger partial charge < -0.3 is 10.2 Å². The van der Waals surface area contributed by atoms with Crippen LogP contribution in [0.25, 0.3) is 0 Å². The van der Waals surface area contributed by atoms with E-state index in [0.717, 1.165) is 37.9 Å². The van der Waals surface area contributed by atoms with Crippen molar-refractivity contribution in [3.63, 3.8) is 0 Å². The summed E-state index contributed by atoms with van der Waals surface area (Å²) in [5, 5.41) is 3.07. The van der Waals surface area contributed by atoms with Gasteiger partial charge in [0.05, 0.1) is 17.9 Å². The van der Waals surface area contributed by atoms with Gasteiger partial charge in [0.15, 0.2) is 5.82 Å². The lowest BCUT2D eigenvalue weighted by Gasteiger charge is -2.27. The Bertz CT molecular complexity index is 731. The van der Waals surface area contributed by atoms with Gasteiger partial charge in [-0.15, -0.1) is 0 Å². The Labute approximate surface area is 146 Å². The number of nitrogens with zero attached hydrogens (tertiary/aromatic N) is 5. The lowest BCUT2D eigenvalue weighted by molar-refractivity contribution is -0.136. The summed E-state index contributed by atoms with van der Waals surface area (Å²) < 4.78 is 0. The van der Waals surface area contributed by atoms with Crippen molar-refractivity contribution in [1.29, 1.82) is 0 Å². The number of aromatic nitrogens is 4. The normalized spacial score (nSPS) is 20.8. The first-order valence-corrected chi connectivity index (χ1v) is 8.98. The van der Waals surface area contributed by atoms with Crippen molar-refractivity contribution < 1.29 is 4.79 Å². The van der Waals surface area contributed by atoms with E-state index in [1.165, 1.54) is 12.8 Å². The molecule has 1 N–H and O–H groups in total. The zero-order valence-electron chi connectivity index (χ0n) is 14.1. The molecule has 1 aliphatic carbocycles. The lowest BCUT2D eigenvalue weighted by atomic mass is 10.0. The number of hydrogen-bond donors (Lipinski definition) is 1. The highest BCUT2D eigenvalue weighted by Gasteiger charge is 2.35. The van der Waals surface area contributed by atoms with E-state index in [9.17, 15) is 4.79 Å². The van der Waals surface area contributed by atoms with Crippen LogP contribution in [0.2, 0.25) is 0 Å². The Morgan fingerprint density at radius 2 is 1.96 bits per heavy atom. The number of rotatable bonds is 4. The summed E-state index contributed by atoms with van der Waals surface area (Å²) >= 11 is 0. The van der Waals surface area contributed by atoms with Gasteiger partial charge in [0, 0.05) is 31.1 Å². The molecule has 1 aliphatic heterocycles. The molecule has 1 amide bonds. The van der Waals surface area contributed by atoms with Crippen LogP contribution in [0.1, 0.15) is 50.3 Å². The molecule has 1 atom stereocenters. The number of likely N-dealkylation sites (tertiary alicyclic amines) is 1. The molecule has 0 radical (unpaired) electrons. The molecule has 25 heavy (non-hydrogen) atoms. The van der Waals surface area contributed by atoms with E-state index in [4.69, 9.17) is 0 Å².